The van der Waals surface area contributed by atoms with Gasteiger partial charge in [-0.2, -0.15) is 0 Å². The molecule has 0 spiro atoms. The summed E-state index contributed by atoms with van der Waals surface area (Å²) in [4.78, 5) is 37.6. The van der Waals surface area contributed by atoms with Gasteiger partial charge in [-0.3, -0.25) is 14.4 Å². The Hall–Kier alpha value is -2.03. The lowest BCUT2D eigenvalue weighted by atomic mass is 9.67. The van der Waals surface area contributed by atoms with Crippen LogP contribution in [0.4, 0.5) is 0 Å². The van der Waals surface area contributed by atoms with Gasteiger partial charge in [0.05, 0.1) is 49.8 Å². The Morgan fingerprint density at radius 1 is 0.382 bits per heavy atom. The second kappa shape index (κ2) is 30.4. The summed E-state index contributed by atoms with van der Waals surface area (Å²) in [5, 5.41) is 74.2. The molecule has 17 nitrogen and oxygen atoms in total. The predicted octanol–water partition coefficient (Wildman–Crippen LogP) is 6.38. The standard InChI is InChI=1S/C20H32O8.C16H26O4.C15H26O2.C11H22N2.C10H19N/c1-9-10(2)14-3-13(9)15-4-16(19(25)27-7-11(23)5-21)18(17(14)15)20(26)28-8-12(24)6-22;1-8-9(2)13-5-12(8)14-3-10(4-15(13)14)16(19)20-7-11(18)6-17;1-8-9(2)12-5-11(8)6-13(12)10-3-4-14(16)15(17)7-10;1-6-7(2)9-3-8(6)10(4-12)11(9)5-13;1-6-7(2)10-4-8(6)3-9(10)5-11/h9-18,21-24H,3-8H2,1-2H3;8-15,17-18H,3-7H2,1-2H3;8-17H,3-7H2,1-2H3;6-11H,3-5,12-13H2,1-2H3;6-10H,3-5,11H2,1-2H3. The number of esters is 3. The molecule has 0 aliphatic heterocycles. The van der Waals surface area contributed by atoms with E-state index in [1.807, 2.05) is 0 Å². The van der Waals surface area contributed by atoms with E-state index < -0.39 is 67.5 Å². The molecule has 512 valence electrons. The number of rotatable bonds is 16. The molecule has 36 unspecified atom stereocenters. The van der Waals surface area contributed by atoms with E-state index in [-0.39, 0.29) is 50.2 Å². The highest BCUT2D eigenvalue weighted by Gasteiger charge is 2.65. The first kappa shape index (κ1) is 71.3. The average Bonchev–Trinajstić information content (AvgIpc) is 1.58. The lowest BCUT2D eigenvalue weighted by molar-refractivity contribution is -0.165. The third-order valence-electron chi connectivity index (χ3n) is 29.5. The van der Waals surface area contributed by atoms with E-state index in [9.17, 15) is 39.9 Å². The van der Waals surface area contributed by atoms with E-state index in [1.165, 1.54) is 38.5 Å². The molecule has 10 bridgehead atoms. The minimum absolute atomic E-state index is 0.0127. The summed E-state index contributed by atoms with van der Waals surface area (Å²) in [5.74, 6) is 19.1. The Labute approximate surface area is 534 Å². The molecular formula is C72H125N3O14. The summed E-state index contributed by atoms with van der Waals surface area (Å²) in [5.41, 5.74) is 17.4. The maximum absolute atomic E-state index is 12.9. The molecule has 13 fully saturated rings. The molecule has 0 aromatic heterocycles. The van der Waals surface area contributed by atoms with Crippen LogP contribution >= 0.6 is 0 Å². The SMILES string of the molecule is CC1C(C)C2CC1C(CN)C2CN.CC1C(C)C2CC1C1CC(C(=O)OCC(O)CO)C(C(=O)OCC(O)CO)C21.CC1C(C)C2CC1C1CC(C(=O)OCC(O)CO)CC21.CC1C2CC(C3CCC(O)C(O)C3)C(C2)C1C.CC1C2CC(CN)C(C2)C1C. The van der Waals surface area contributed by atoms with Gasteiger partial charge in [0.2, 0.25) is 0 Å². The number of ether oxygens (including phenoxy) is 3. The maximum atomic E-state index is 12.9. The molecule has 13 aliphatic rings. The van der Waals surface area contributed by atoms with Crippen molar-refractivity contribution < 1.29 is 69.4 Å². The second-order valence-corrected chi connectivity index (χ2v) is 32.7. The first-order valence-electron chi connectivity index (χ1n) is 36.2. The predicted molar refractivity (Wildman–Crippen MR) is 340 cm³/mol. The number of nitrogens with two attached hydrogens (primary N) is 3. The lowest BCUT2D eigenvalue weighted by Gasteiger charge is -2.40. The van der Waals surface area contributed by atoms with Gasteiger partial charge in [-0.25, -0.2) is 0 Å². The number of hydrogen-bond acceptors (Lipinski definition) is 17. The number of aliphatic hydroxyl groups is 8. The molecule has 0 radical (unpaired) electrons. The van der Waals surface area contributed by atoms with Crippen LogP contribution in [0.1, 0.15) is 153 Å². The highest BCUT2D eigenvalue weighted by molar-refractivity contribution is 5.83. The monoisotopic (exact) mass is 1260 g/mol. The van der Waals surface area contributed by atoms with Gasteiger partial charge >= 0.3 is 17.9 Å². The summed E-state index contributed by atoms with van der Waals surface area (Å²) in [6, 6.07) is 0. The van der Waals surface area contributed by atoms with Crippen LogP contribution in [-0.2, 0) is 28.6 Å². The third-order valence-corrected chi connectivity index (χ3v) is 29.5. The Bertz CT molecular complexity index is 2250. The molecular weight excluding hydrogens is 1130 g/mol. The first-order valence-corrected chi connectivity index (χ1v) is 36.2. The van der Waals surface area contributed by atoms with Crippen LogP contribution in [0.25, 0.3) is 0 Å². The average molecular weight is 1260 g/mol. The zero-order chi connectivity index (χ0) is 64.8. The second-order valence-electron chi connectivity index (χ2n) is 32.7. The summed E-state index contributed by atoms with van der Waals surface area (Å²) in [7, 11) is 0. The number of carbonyl (C=O) groups is 3. The van der Waals surface area contributed by atoms with Crippen molar-refractivity contribution in [1.82, 2.24) is 0 Å². The van der Waals surface area contributed by atoms with Crippen molar-refractivity contribution in [2.24, 2.45) is 207 Å². The largest absolute Gasteiger partial charge is 0.463 e. The van der Waals surface area contributed by atoms with E-state index in [0.717, 1.165) is 177 Å². The van der Waals surface area contributed by atoms with E-state index in [0.29, 0.717) is 47.8 Å². The van der Waals surface area contributed by atoms with Crippen LogP contribution in [0.5, 0.6) is 0 Å². The zero-order valence-electron chi connectivity index (χ0n) is 56.2. The molecule has 17 heteroatoms. The van der Waals surface area contributed by atoms with E-state index >= 15 is 0 Å². The molecule has 0 aromatic rings. The van der Waals surface area contributed by atoms with Gasteiger partial charge in [0.1, 0.15) is 38.1 Å². The topological polar surface area (TPSA) is 319 Å². The fourth-order valence-electron chi connectivity index (χ4n) is 23.7. The lowest BCUT2D eigenvalue weighted by Crippen LogP contribution is -2.40. The fourth-order valence-corrected chi connectivity index (χ4v) is 23.7. The van der Waals surface area contributed by atoms with Crippen molar-refractivity contribution in [2.45, 2.75) is 183 Å². The van der Waals surface area contributed by atoms with E-state index in [1.54, 1.807) is 0 Å². The molecule has 0 heterocycles. The number of aliphatic hydroxyl groups excluding tert-OH is 8. The van der Waals surface area contributed by atoms with Crippen molar-refractivity contribution in [3.63, 3.8) is 0 Å². The Morgan fingerprint density at radius 3 is 1.25 bits per heavy atom. The van der Waals surface area contributed by atoms with E-state index in [2.05, 4.69) is 69.2 Å². The first-order chi connectivity index (χ1) is 42.3. The molecule has 0 aromatic carbocycles. The Balaban J connectivity index is 0.000000137. The normalized spacial score (nSPS) is 49.4. The van der Waals surface area contributed by atoms with Gasteiger partial charge in [-0.05, 0) is 275 Å². The van der Waals surface area contributed by atoms with Crippen LogP contribution in [-0.4, -0.2) is 149 Å². The molecule has 14 N–H and O–H groups in total. The zero-order valence-corrected chi connectivity index (χ0v) is 56.2. The van der Waals surface area contributed by atoms with Crippen molar-refractivity contribution in [1.29, 1.82) is 0 Å². The van der Waals surface area contributed by atoms with Crippen molar-refractivity contribution in [3.8, 4) is 0 Å². The van der Waals surface area contributed by atoms with Crippen LogP contribution in [0.15, 0.2) is 0 Å². The maximum Gasteiger partial charge on any atom is 0.310 e. The summed E-state index contributed by atoms with van der Waals surface area (Å²) in [6.07, 6.45) is 10.7. The summed E-state index contributed by atoms with van der Waals surface area (Å²) in [6.45, 7) is 24.2. The smallest absolute Gasteiger partial charge is 0.310 e. The van der Waals surface area contributed by atoms with Crippen molar-refractivity contribution in [2.75, 3.05) is 59.3 Å². The molecule has 13 rings (SSSR count). The summed E-state index contributed by atoms with van der Waals surface area (Å²) < 4.78 is 15.5. The number of carbonyl (C=O) groups excluding carboxylic acids is 3. The molecule has 0 amide bonds. The number of fused-ring (bicyclic) bond motifs is 16. The van der Waals surface area contributed by atoms with E-state index in [4.69, 9.17) is 46.7 Å². The van der Waals surface area contributed by atoms with Crippen LogP contribution in [0.2, 0.25) is 0 Å². The van der Waals surface area contributed by atoms with Crippen molar-refractivity contribution in [3.05, 3.63) is 0 Å². The summed E-state index contributed by atoms with van der Waals surface area (Å²) >= 11 is 0. The van der Waals surface area contributed by atoms with Gasteiger partial charge in [-0.15, -0.1) is 0 Å². The molecule has 36 atom stereocenters. The van der Waals surface area contributed by atoms with Crippen LogP contribution in [0.3, 0.4) is 0 Å². The molecule has 13 aliphatic carbocycles. The molecule has 89 heavy (non-hydrogen) atoms. The minimum atomic E-state index is -1.15. The molecule has 13 saturated carbocycles. The third kappa shape index (κ3) is 14.3. The van der Waals surface area contributed by atoms with Gasteiger partial charge in [-0.1, -0.05) is 69.2 Å². The highest BCUT2D eigenvalue weighted by atomic mass is 16.6. The van der Waals surface area contributed by atoms with Gasteiger partial charge in [0.25, 0.3) is 0 Å². The fraction of sp³-hybridized carbons (Fsp3) is 0.958. The van der Waals surface area contributed by atoms with Crippen molar-refractivity contribution >= 4 is 17.9 Å². The molecule has 0 saturated heterocycles. The highest BCUT2D eigenvalue weighted by Crippen LogP contribution is 2.67. The Morgan fingerprint density at radius 2 is 0.787 bits per heavy atom. The number of hydrogen-bond donors (Lipinski definition) is 11. The van der Waals surface area contributed by atoms with Gasteiger partial charge < -0.3 is 72.3 Å². The van der Waals surface area contributed by atoms with Crippen LogP contribution < -0.4 is 17.2 Å². The van der Waals surface area contributed by atoms with Gasteiger partial charge in [0.15, 0.2) is 0 Å². The quantitative estimate of drug-likeness (QED) is 0.0589. The van der Waals surface area contributed by atoms with Crippen LogP contribution in [0, 0.1) is 189 Å². The van der Waals surface area contributed by atoms with Gasteiger partial charge in [0, 0.05) is 0 Å². The minimum Gasteiger partial charge on any atom is -0.463 e. The Kier molecular flexibility index (Phi) is 24.3.